The molecule has 0 amide bonds. The molecule has 0 fully saturated rings. The fraction of sp³-hybridized carbons (Fsp3) is 0.143. The minimum Gasteiger partial charge on any atom is -0.355 e. The Bertz CT molecular complexity index is 606. The van der Waals surface area contributed by atoms with Crippen LogP contribution in [0.2, 0.25) is 0 Å². The maximum atomic E-state index is 8.81. The molecule has 0 bridgehead atoms. The van der Waals surface area contributed by atoms with Gasteiger partial charge in [0.25, 0.3) is 0 Å². The Labute approximate surface area is 115 Å². The first-order valence-corrected chi connectivity index (χ1v) is 6.29. The number of nitriles is 1. The fourth-order valence-corrected chi connectivity index (χ4v) is 1.98. The van der Waals surface area contributed by atoms with Crippen LogP contribution in [-0.4, -0.2) is 4.98 Å². The number of aryl methyl sites for hydroxylation is 2. The van der Waals surface area contributed by atoms with E-state index in [-0.39, 0.29) is 0 Å². The van der Waals surface area contributed by atoms with Crippen LogP contribution in [0.4, 0.5) is 11.4 Å². The lowest BCUT2D eigenvalue weighted by molar-refractivity contribution is 1.26. The Morgan fingerprint density at radius 1 is 1.17 bits per heavy atom. The fourth-order valence-electron chi connectivity index (χ4n) is 1.75. The van der Waals surface area contributed by atoms with Gasteiger partial charge in [-0.25, -0.2) is 4.98 Å². The Balaban J connectivity index is 2.32. The van der Waals surface area contributed by atoms with E-state index in [0.29, 0.717) is 5.69 Å². The molecule has 0 atom stereocenters. The largest absolute Gasteiger partial charge is 0.355 e. The highest BCUT2D eigenvalue weighted by atomic mass is 79.9. The van der Waals surface area contributed by atoms with Gasteiger partial charge in [-0.1, -0.05) is 15.9 Å². The summed E-state index contributed by atoms with van der Waals surface area (Å²) in [5, 5.41) is 12.1. The Morgan fingerprint density at radius 2 is 1.83 bits per heavy atom. The number of anilines is 2. The number of nitrogens with one attached hydrogen (secondary N) is 1. The predicted octanol–water partition coefficient (Wildman–Crippen LogP) is 4.08. The van der Waals surface area contributed by atoms with Crippen molar-refractivity contribution in [3.63, 3.8) is 0 Å². The molecule has 1 N–H and O–H groups in total. The van der Waals surface area contributed by atoms with Gasteiger partial charge in [-0.2, -0.15) is 5.26 Å². The van der Waals surface area contributed by atoms with E-state index >= 15 is 0 Å². The van der Waals surface area contributed by atoms with Gasteiger partial charge in [-0.3, -0.25) is 0 Å². The van der Waals surface area contributed by atoms with Crippen LogP contribution in [0.1, 0.15) is 16.8 Å². The Kier molecular flexibility index (Phi) is 3.63. The summed E-state index contributed by atoms with van der Waals surface area (Å²) in [6, 6.07) is 9.71. The van der Waals surface area contributed by atoms with Gasteiger partial charge in [-0.15, -0.1) is 0 Å². The highest BCUT2D eigenvalue weighted by Crippen LogP contribution is 2.26. The van der Waals surface area contributed by atoms with Crippen molar-refractivity contribution < 1.29 is 0 Å². The molecule has 2 aromatic rings. The second-order valence-electron chi connectivity index (χ2n) is 4.09. The highest BCUT2D eigenvalue weighted by Gasteiger charge is 2.03. The van der Waals surface area contributed by atoms with Crippen LogP contribution in [-0.2, 0) is 0 Å². The van der Waals surface area contributed by atoms with Gasteiger partial charge in [0.2, 0.25) is 0 Å². The third-order valence-electron chi connectivity index (χ3n) is 2.60. The van der Waals surface area contributed by atoms with E-state index in [4.69, 9.17) is 5.26 Å². The molecular weight excluding hydrogens is 290 g/mol. The van der Waals surface area contributed by atoms with Crippen LogP contribution in [0.3, 0.4) is 0 Å². The molecule has 0 radical (unpaired) electrons. The first-order chi connectivity index (χ1) is 8.60. The second kappa shape index (κ2) is 5.19. The summed E-state index contributed by atoms with van der Waals surface area (Å²) in [5.74, 6) is 0. The van der Waals surface area contributed by atoms with E-state index in [1.54, 1.807) is 12.3 Å². The Hall–Kier alpha value is -1.86. The van der Waals surface area contributed by atoms with Crippen molar-refractivity contribution in [2.75, 3.05) is 5.32 Å². The molecule has 0 aliphatic carbocycles. The molecule has 1 aromatic carbocycles. The van der Waals surface area contributed by atoms with Gasteiger partial charge < -0.3 is 5.32 Å². The van der Waals surface area contributed by atoms with Crippen LogP contribution in [0.5, 0.6) is 0 Å². The number of rotatable bonds is 2. The average Bonchev–Trinajstić information content (AvgIpc) is 2.36. The molecule has 0 aliphatic heterocycles. The highest BCUT2D eigenvalue weighted by molar-refractivity contribution is 9.10. The SMILES string of the molecule is Cc1cc(Nc2ccnc(C#N)c2)cc(C)c1Br. The van der Waals surface area contributed by atoms with E-state index in [0.717, 1.165) is 15.8 Å². The monoisotopic (exact) mass is 301 g/mol. The van der Waals surface area contributed by atoms with Crippen molar-refractivity contribution in [1.29, 1.82) is 5.26 Å². The molecule has 1 aromatic heterocycles. The van der Waals surface area contributed by atoms with Crippen LogP contribution < -0.4 is 5.32 Å². The zero-order valence-corrected chi connectivity index (χ0v) is 11.7. The van der Waals surface area contributed by atoms with Crippen LogP contribution in [0, 0.1) is 25.2 Å². The summed E-state index contributed by atoms with van der Waals surface area (Å²) in [5.41, 5.74) is 4.62. The smallest absolute Gasteiger partial charge is 0.142 e. The van der Waals surface area contributed by atoms with E-state index in [2.05, 4.69) is 52.2 Å². The molecule has 0 unspecified atom stereocenters. The summed E-state index contributed by atoms with van der Waals surface area (Å²) >= 11 is 3.54. The molecule has 4 heteroatoms. The van der Waals surface area contributed by atoms with E-state index in [9.17, 15) is 0 Å². The lowest BCUT2D eigenvalue weighted by Gasteiger charge is -2.10. The third-order valence-corrected chi connectivity index (χ3v) is 3.85. The summed E-state index contributed by atoms with van der Waals surface area (Å²) in [7, 11) is 0. The second-order valence-corrected chi connectivity index (χ2v) is 4.88. The van der Waals surface area contributed by atoms with Gasteiger partial charge in [-0.05, 0) is 49.2 Å². The standard InChI is InChI=1S/C14H12BrN3/c1-9-5-12(6-10(2)14(9)15)18-11-3-4-17-13(7-11)8-16/h3-7H,1-2H3,(H,17,18). The first kappa shape index (κ1) is 12.6. The maximum absolute atomic E-state index is 8.81. The third kappa shape index (κ3) is 2.69. The number of benzene rings is 1. The molecule has 2 rings (SSSR count). The van der Waals surface area contributed by atoms with Crippen LogP contribution >= 0.6 is 15.9 Å². The number of halogens is 1. The Morgan fingerprint density at radius 3 is 2.44 bits per heavy atom. The molecule has 18 heavy (non-hydrogen) atoms. The van der Waals surface area contributed by atoms with Gasteiger partial charge >= 0.3 is 0 Å². The molecule has 0 saturated heterocycles. The maximum Gasteiger partial charge on any atom is 0.142 e. The normalized spacial score (nSPS) is 9.89. The van der Waals surface area contributed by atoms with Crippen molar-refractivity contribution >= 4 is 27.3 Å². The van der Waals surface area contributed by atoms with Crippen molar-refractivity contribution in [2.24, 2.45) is 0 Å². The lowest BCUT2D eigenvalue weighted by Crippen LogP contribution is -1.94. The summed E-state index contributed by atoms with van der Waals surface area (Å²) in [6.07, 6.45) is 1.62. The van der Waals surface area contributed by atoms with E-state index < -0.39 is 0 Å². The quantitative estimate of drug-likeness (QED) is 0.909. The number of aromatic nitrogens is 1. The van der Waals surface area contributed by atoms with E-state index in [1.165, 1.54) is 11.1 Å². The number of nitrogens with zero attached hydrogens (tertiary/aromatic N) is 2. The van der Waals surface area contributed by atoms with Crippen molar-refractivity contribution in [3.8, 4) is 6.07 Å². The molecular formula is C14H12BrN3. The first-order valence-electron chi connectivity index (χ1n) is 5.50. The van der Waals surface area contributed by atoms with E-state index in [1.807, 2.05) is 12.1 Å². The lowest BCUT2D eigenvalue weighted by atomic mass is 10.1. The summed E-state index contributed by atoms with van der Waals surface area (Å²) in [4.78, 5) is 3.94. The van der Waals surface area contributed by atoms with Crippen molar-refractivity contribution in [2.45, 2.75) is 13.8 Å². The van der Waals surface area contributed by atoms with Gasteiger partial charge in [0, 0.05) is 22.0 Å². The minimum atomic E-state index is 0.408. The zero-order chi connectivity index (χ0) is 13.1. The molecule has 0 saturated carbocycles. The molecule has 0 aliphatic rings. The number of pyridine rings is 1. The molecule has 0 spiro atoms. The number of hydrogen-bond acceptors (Lipinski definition) is 3. The van der Waals surface area contributed by atoms with Crippen molar-refractivity contribution in [3.05, 3.63) is 51.8 Å². The van der Waals surface area contributed by atoms with Gasteiger partial charge in [0.1, 0.15) is 11.8 Å². The topological polar surface area (TPSA) is 48.7 Å². The van der Waals surface area contributed by atoms with Crippen molar-refractivity contribution in [1.82, 2.24) is 4.98 Å². The molecule has 90 valence electrons. The average molecular weight is 302 g/mol. The van der Waals surface area contributed by atoms with Gasteiger partial charge in [0.15, 0.2) is 0 Å². The number of hydrogen-bond donors (Lipinski definition) is 1. The molecule has 1 heterocycles. The van der Waals surface area contributed by atoms with Crippen LogP contribution in [0.25, 0.3) is 0 Å². The predicted molar refractivity (Wildman–Crippen MR) is 75.9 cm³/mol. The van der Waals surface area contributed by atoms with Crippen LogP contribution in [0.15, 0.2) is 34.9 Å². The summed E-state index contributed by atoms with van der Waals surface area (Å²) in [6.45, 7) is 4.10. The van der Waals surface area contributed by atoms with Gasteiger partial charge in [0.05, 0.1) is 0 Å². The minimum absolute atomic E-state index is 0.408. The summed E-state index contributed by atoms with van der Waals surface area (Å²) < 4.78 is 1.13. The molecule has 3 nitrogen and oxygen atoms in total. The zero-order valence-electron chi connectivity index (χ0n) is 10.2.